The summed E-state index contributed by atoms with van der Waals surface area (Å²) in [4.78, 5) is 17.6. The Hall–Kier alpha value is -3.39. The third-order valence-electron chi connectivity index (χ3n) is 4.98. The summed E-state index contributed by atoms with van der Waals surface area (Å²) >= 11 is 0. The molecule has 7 nitrogen and oxygen atoms in total. The predicted molar refractivity (Wildman–Crippen MR) is 108 cm³/mol. The van der Waals surface area contributed by atoms with Crippen LogP contribution in [0.3, 0.4) is 0 Å². The number of urea groups is 1. The summed E-state index contributed by atoms with van der Waals surface area (Å²) in [5, 5.41) is 20.7. The molecule has 0 bridgehead atoms. The second kappa shape index (κ2) is 10.1. The van der Waals surface area contributed by atoms with Gasteiger partial charge in [-0.1, -0.05) is 6.08 Å². The molecule has 0 aliphatic carbocycles. The van der Waals surface area contributed by atoms with Gasteiger partial charge in [-0.05, 0) is 36.3 Å². The Morgan fingerprint density at radius 3 is 2.46 bits per heavy atom. The maximum absolute atomic E-state index is 14.4. The highest BCUT2D eigenvalue weighted by molar-refractivity contribution is 5.90. The lowest BCUT2D eigenvalue weighted by molar-refractivity contribution is -0.276. The van der Waals surface area contributed by atoms with Gasteiger partial charge >= 0.3 is 18.6 Å². The fraction of sp³-hybridized carbons (Fsp3) is 0.333. The lowest BCUT2D eigenvalue weighted by atomic mass is 10.0. The topological polar surface area (TPSA) is 94.9 Å². The van der Waals surface area contributed by atoms with E-state index in [-0.39, 0.29) is 30.8 Å². The first-order chi connectivity index (χ1) is 16.3. The van der Waals surface area contributed by atoms with E-state index in [1.165, 1.54) is 17.2 Å². The van der Waals surface area contributed by atoms with Crippen molar-refractivity contribution in [3.8, 4) is 5.75 Å². The van der Waals surface area contributed by atoms with E-state index in [9.17, 15) is 40.6 Å². The normalized spacial score (nSPS) is 15.5. The number of benzene rings is 1. The molecule has 0 radical (unpaired) electrons. The number of aromatic nitrogens is 1. The number of hydrogen-bond donors (Lipinski definition) is 3. The van der Waals surface area contributed by atoms with Gasteiger partial charge in [-0.2, -0.15) is 13.2 Å². The largest absolute Gasteiger partial charge is 0.573 e. The summed E-state index contributed by atoms with van der Waals surface area (Å²) in [6.07, 6.45) is -8.98. The minimum Gasteiger partial charge on any atom is -0.405 e. The van der Waals surface area contributed by atoms with Gasteiger partial charge in [-0.25, -0.2) is 9.18 Å². The highest BCUT2D eigenvalue weighted by Crippen LogP contribution is 2.40. The van der Waals surface area contributed by atoms with Crippen LogP contribution in [-0.4, -0.2) is 52.2 Å². The average molecular weight is 509 g/mol. The number of ether oxygens (including phenoxy) is 1. The molecule has 2 amide bonds. The molecule has 14 heteroatoms. The molecule has 2 aromatic rings. The Morgan fingerprint density at radius 2 is 1.91 bits per heavy atom. The van der Waals surface area contributed by atoms with E-state index in [0.717, 1.165) is 12.1 Å². The molecule has 1 aromatic heterocycles. The van der Waals surface area contributed by atoms with Gasteiger partial charge in [0, 0.05) is 30.5 Å². The number of aliphatic hydroxyl groups is 2. The maximum Gasteiger partial charge on any atom is 0.573 e. The molecule has 1 atom stereocenters. The first-order valence-corrected chi connectivity index (χ1v) is 9.95. The molecule has 3 rings (SSSR count). The zero-order chi connectivity index (χ0) is 26.0. The fourth-order valence-corrected chi connectivity index (χ4v) is 3.29. The van der Waals surface area contributed by atoms with Crippen LogP contribution in [0.4, 0.5) is 41.2 Å². The molecule has 0 saturated carbocycles. The molecule has 1 aliphatic heterocycles. The number of amides is 2. The molecule has 2 heterocycles. The van der Waals surface area contributed by atoms with Crippen LogP contribution in [0, 0.1) is 5.82 Å². The highest BCUT2D eigenvalue weighted by atomic mass is 19.4. The summed E-state index contributed by atoms with van der Waals surface area (Å²) in [6, 6.07) is 1.81. The quantitative estimate of drug-likeness (QED) is 0.517. The van der Waals surface area contributed by atoms with Crippen LogP contribution < -0.4 is 10.1 Å². The number of hydrogen-bond acceptors (Lipinski definition) is 5. The Labute approximate surface area is 193 Å². The molecule has 0 fully saturated rings. The van der Waals surface area contributed by atoms with Gasteiger partial charge in [-0.3, -0.25) is 4.98 Å². The standard InChI is InChI=1S/C21H18F7N3O4/c22-15-7-12(16(33)10-32)9-29-18(15)11-3-5-31(6-4-11)19(34)30-13-1-2-17(35-21(26,27)28)14(8-13)20(23,24)25/h1-3,7-9,16,32-33H,4-6,10H2,(H,30,34)/t16-/m1/s1. The number of aliphatic hydroxyl groups excluding tert-OH is 2. The zero-order valence-electron chi connectivity index (χ0n) is 17.6. The molecule has 190 valence electrons. The summed E-state index contributed by atoms with van der Waals surface area (Å²) < 4.78 is 94.5. The number of halogens is 7. The van der Waals surface area contributed by atoms with Crippen molar-refractivity contribution in [1.82, 2.24) is 9.88 Å². The molecule has 3 N–H and O–H groups in total. The van der Waals surface area contributed by atoms with E-state index < -0.39 is 54.1 Å². The average Bonchev–Trinajstić information content (AvgIpc) is 2.78. The van der Waals surface area contributed by atoms with Crippen molar-refractivity contribution in [2.24, 2.45) is 0 Å². The Kier molecular flexibility index (Phi) is 7.55. The number of alkyl halides is 6. The monoisotopic (exact) mass is 509 g/mol. The van der Waals surface area contributed by atoms with Crippen LogP contribution in [0.25, 0.3) is 5.57 Å². The van der Waals surface area contributed by atoms with Crippen molar-refractivity contribution < 1.29 is 50.5 Å². The van der Waals surface area contributed by atoms with Crippen molar-refractivity contribution in [3.05, 3.63) is 59.2 Å². The molecule has 1 aromatic carbocycles. The fourth-order valence-electron chi connectivity index (χ4n) is 3.29. The number of carbonyl (C=O) groups excluding carboxylic acids is 1. The molecule has 35 heavy (non-hydrogen) atoms. The molecular weight excluding hydrogens is 491 g/mol. The Balaban J connectivity index is 1.71. The Morgan fingerprint density at radius 1 is 1.20 bits per heavy atom. The molecule has 0 saturated heterocycles. The Bertz CT molecular complexity index is 1120. The zero-order valence-corrected chi connectivity index (χ0v) is 17.6. The SMILES string of the molecule is O=C(Nc1ccc(OC(F)(F)F)c(C(F)(F)F)c1)N1CC=C(c2ncc([C@H](O)CO)cc2F)CC1. The van der Waals surface area contributed by atoms with Crippen molar-refractivity contribution in [2.45, 2.75) is 25.1 Å². The van der Waals surface area contributed by atoms with E-state index >= 15 is 0 Å². The van der Waals surface area contributed by atoms with Crippen molar-refractivity contribution >= 4 is 17.3 Å². The maximum atomic E-state index is 14.4. The number of nitrogens with zero attached hydrogens (tertiary/aromatic N) is 2. The van der Waals surface area contributed by atoms with Gasteiger partial charge in [0.05, 0.1) is 12.2 Å². The third-order valence-corrected chi connectivity index (χ3v) is 4.98. The third kappa shape index (κ3) is 6.60. The van der Waals surface area contributed by atoms with Crippen molar-refractivity contribution in [2.75, 3.05) is 25.0 Å². The number of anilines is 1. The minimum absolute atomic E-state index is 0.0194. The first kappa shape index (κ1) is 26.2. The van der Waals surface area contributed by atoms with E-state index in [0.29, 0.717) is 17.7 Å². The smallest absolute Gasteiger partial charge is 0.405 e. The van der Waals surface area contributed by atoms with Crippen LogP contribution >= 0.6 is 0 Å². The van der Waals surface area contributed by atoms with Crippen molar-refractivity contribution in [1.29, 1.82) is 0 Å². The van der Waals surface area contributed by atoms with Gasteiger partial charge < -0.3 is 25.2 Å². The van der Waals surface area contributed by atoms with Gasteiger partial charge in [0.2, 0.25) is 0 Å². The molecule has 1 aliphatic rings. The van der Waals surface area contributed by atoms with Gasteiger partial charge in [0.1, 0.15) is 23.4 Å². The van der Waals surface area contributed by atoms with Gasteiger partial charge in [-0.15, -0.1) is 13.2 Å². The van der Waals surface area contributed by atoms with Gasteiger partial charge in [0.25, 0.3) is 0 Å². The van der Waals surface area contributed by atoms with E-state index in [2.05, 4.69) is 15.0 Å². The second-order valence-corrected chi connectivity index (χ2v) is 7.41. The van der Waals surface area contributed by atoms with Crippen LogP contribution in [-0.2, 0) is 6.18 Å². The lowest BCUT2D eigenvalue weighted by Gasteiger charge is -2.27. The van der Waals surface area contributed by atoms with Crippen LogP contribution in [0.5, 0.6) is 5.75 Å². The highest BCUT2D eigenvalue weighted by Gasteiger charge is 2.39. The van der Waals surface area contributed by atoms with E-state index in [1.807, 2.05) is 0 Å². The summed E-state index contributed by atoms with van der Waals surface area (Å²) in [5.41, 5.74) is -1.61. The van der Waals surface area contributed by atoms with E-state index in [1.54, 1.807) is 0 Å². The molecule has 0 unspecified atom stereocenters. The van der Waals surface area contributed by atoms with Crippen LogP contribution in [0.15, 0.2) is 36.5 Å². The lowest BCUT2D eigenvalue weighted by Crippen LogP contribution is -2.38. The predicted octanol–water partition coefficient (Wildman–Crippen LogP) is 4.49. The second-order valence-electron chi connectivity index (χ2n) is 7.41. The molecule has 0 spiro atoms. The minimum atomic E-state index is -5.34. The van der Waals surface area contributed by atoms with Crippen LogP contribution in [0.1, 0.15) is 29.3 Å². The first-order valence-electron chi connectivity index (χ1n) is 9.95. The van der Waals surface area contributed by atoms with Crippen molar-refractivity contribution in [3.63, 3.8) is 0 Å². The number of rotatable bonds is 5. The number of pyridine rings is 1. The summed E-state index contributed by atoms with van der Waals surface area (Å²) in [7, 11) is 0. The summed E-state index contributed by atoms with van der Waals surface area (Å²) in [6.45, 7) is -0.623. The summed E-state index contributed by atoms with van der Waals surface area (Å²) in [5.74, 6) is -2.21. The number of carbonyl (C=O) groups is 1. The number of nitrogens with one attached hydrogen (secondary N) is 1. The molecular formula is C21H18F7N3O4. The van der Waals surface area contributed by atoms with Gasteiger partial charge in [0.15, 0.2) is 0 Å². The van der Waals surface area contributed by atoms with E-state index in [4.69, 9.17) is 5.11 Å². The van der Waals surface area contributed by atoms with Crippen LogP contribution in [0.2, 0.25) is 0 Å².